The Morgan fingerprint density at radius 2 is 0.935 bits per heavy atom. The van der Waals surface area contributed by atoms with Crippen LogP contribution in [-0.4, -0.2) is 84.9 Å². The number of amides is 2. The third-order valence-corrected chi connectivity index (χ3v) is 9.16. The maximum absolute atomic E-state index is 12.1. The normalized spacial score (nSPS) is 13.7. The summed E-state index contributed by atoms with van der Waals surface area (Å²) < 4.78 is 20.4. The van der Waals surface area contributed by atoms with E-state index >= 15 is 0 Å². The zero-order valence-electron chi connectivity index (χ0n) is 28.4. The van der Waals surface area contributed by atoms with Gasteiger partial charge in [-0.2, -0.15) is 0 Å². The largest absolute Gasteiger partial charge is 0.438 e. The first-order valence-electron chi connectivity index (χ1n) is 15.9. The maximum Gasteiger partial charge on any atom is 0.373 e. The molecule has 0 fully saturated rings. The molecule has 0 aromatic heterocycles. The smallest absolute Gasteiger partial charge is 0.373 e. The van der Waals surface area contributed by atoms with E-state index in [0.29, 0.717) is 39.1 Å². The van der Waals surface area contributed by atoms with Gasteiger partial charge in [0.2, 0.25) is 12.8 Å². The van der Waals surface area contributed by atoms with E-state index in [2.05, 4.69) is 0 Å². The molecule has 266 valence electrons. The summed E-state index contributed by atoms with van der Waals surface area (Å²) in [6, 6.07) is 0. The van der Waals surface area contributed by atoms with Crippen LogP contribution in [0, 0.1) is 0 Å². The number of hydrogen-bond acceptors (Lipinski definition) is 10. The number of ether oxygens (including phenoxy) is 4. The molecule has 0 aromatic rings. The Balaban J connectivity index is 4.44. The van der Waals surface area contributed by atoms with E-state index in [4.69, 9.17) is 42.1 Å². The van der Waals surface area contributed by atoms with Crippen molar-refractivity contribution in [2.24, 2.45) is 0 Å². The molecule has 0 aromatic carbocycles. The predicted octanol–water partition coefficient (Wildman–Crippen LogP) is 9.25. The molecular formula is C32H54Cl2N2O8S2. The van der Waals surface area contributed by atoms with Crippen molar-refractivity contribution in [2.45, 2.75) is 116 Å². The molecule has 0 bridgehead atoms. The molecule has 0 N–H and O–H groups in total. The molecule has 0 spiro atoms. The Morgan fingerprint density at radius 3 is 1.20 bits per heavy atom. The third kappa shape index (κ3) is 22.2. The van der Waals surface area contributed by atoms with Crippen LogP contribution in [0.2, 0.25) is 0 Å². The van der Waals surface area contributed by atoms with Gasteiger partial charge in [0.25, 0.3) is 0 Å². The van der Waals surface area contributed by atoms with Gasteiger partial charge in [-0.15, -0.1) is 0 Å². The van der Waals surface area contributed by atoms with Crippen molar-refractivity contribution in [3.8, 4) is 0 Å². The van der Waals surface area contributed by atoms with Gasteiger partial charge in [-0.1, -0.05) is 74.6 Å². The third-order valence-electron chi connectivity index (χ3n) is 6.97. The standard InChI is InChI=1S/C32H54Cl2N2O8S2/c1-25(29(17-21-41-5)45-31(39)43-27(3)33)35(23-37)19-15-13-11-9-7-8-10-12-14-16-20-36(24-38)26(2)30(18-22-42-6)46-32(40)44-28(4)34/h23-24,27-28H,7-22H2,1-6H3/b29-25-,30-26-. The van der Waals surface area contributed by atoms with E-state index in [0.717, 1.165) is 122 Å². The van der Waals surface area contributed by atoms with Crippen molar-refractivity contribution in [1.82, 2.24) is 9.80 Å². The van der Waals surface area contributed by atoms with Crippen LogP contribution in [0.25, 0.3) is 0 Å². The van der Waals surface area contributed by atoms with Gasteiger partial charge in [0.15, 0.2) is 11.1 Å². The van der Waals surface area contributed by atoms with E-state index in [1.165, 1.54) is 0 Å². The van der Waals surface area contributed by atoms with E-state index in [1.807, 2.05) is 13.8 Å². The maximum atomic E-state index is 12.1. The Hall–Kier alpha value is -1.44. The van der Waals surface area contributed by atoms with E-state index < -0.39 is 21.7 Å². The predicted molar refractivity (Wildman–Crippen MR) is 189 cm³/mol. The van der Waals surface area contributed by atoms with Crippen LogP contribution in [0.15, 0.2) is 21.2 Å². The van der Waals surface area contributed by atoms with Crippen molar-refractivity contribution in [3.63, 3.8) is 0 Å². The minimum Gasteiger partial charge on any atom is -0.438 e. The summed E-state index contributed by atoms with van der Waals surface area (Å²) in [5.74, 6) is 0. The van der Waals surface area contributed by atoms with Gasteiger partial charge in [-0.05, 0) is 64.1 Å². The molecule has 0 radical (unpaired) electrons. The highest BCUT2D eigenvalue weighted by molar-refractivity contribution is 8.16. The summed E-state index contributed by atoms with van der Waals surface area (Å²) in [4.78, 5) is 52.6. The first-order valence-corrected chi connectivity index (χ1v) is 18.4. The van der Waals surface area contributed by atoms with Gasteiger partial charge in [-0.25, -0.2) is 9.59 Å². The molecule has 0 aliphatic heterocycles. The molecule has 0 saturated heterocycles. The molecule has 0 aliphatic carbocycles. The number of allylic oxidation sites excluding steroid dienone is 2. The van der Waals surface area contributed by atoms with Crippen LogP contribution in [0.1, 0.15) is 105 Å². The number of carbonyl (C=O) groups excluding carboxylic acids is 4. The molecular weight excluding hydrogens is 675 g/mol. The van der Waals surface area contributed by atoms with Gasteiger partial charge in [-0.3, -0.25) is 9.59 Å². The number of halogens is 2. The average molecular weight is 730 g/mol. The van der Waals surface area contributed by atoms with Crippen molar-refractivity contribution < 1.29 is 38.1 Å². The van der Waals surface area contributed by atoms with Gasteiger partial charge < -0.3 is 28.7 Å². The Labute approximate surface area is 294 Å². The second-order valence-corrected chi connectivity index (χ2v) is 14.0. The highest BCUT2D eigenvalue weighted by Crippen LogP contribution is 2.29. The second kappa shape index (κ2) is 28.6. The Kier molecular flexibility index (Phi) is 27.7. The number of rotatable bonds is 27. The molecule has 0 rings (SSSR count). The number of hydrogen-bond donors (Lipinski definition) is 0. The lowest BCUT2D eigenvalue weighted by Gasteiger charge is -2.21. The quantitative estimate of drug-likeness (QED) is 0.0351. The molecule has 0 aliphatic rings. The zero-order valence-corrected chi connectivity index (χ0v) is 31.5. The molecule has 2 atom stereocenters. The summed E-state index contributed by atoms with van der Waals surface area (Å²) in [6.07, 6.45) is 13.2. The number of alkyl halides is 2. The molecule has 46 heavy (non-hydrogen) atoms. The molecule has 0 saturated carbocycles. The summed E-state index contributed by atoms with van der Waals surface area (Å²) >= 11 is 13.4. The summed E-state index contributed by atoms with van der Waals surface area (Å²) in [5, 5.41) is -1.01. The number of methoxy groups -OCH3 is 2. The first kappa shape index (κ1) is 44.6. The molecule has 0 heterocycles. The SMILES string of the molecule is COCC/C(SC(=O)OC(C)Cl)=C(\C)N(C=O)CCCCCCCCCCCCN(C=O)/C(C)=C(/CCOC)SC(=O)OC(C)Cl. The van der Waals surface area contributed by atoms with E-state index in [1.54, 1.807) is 37.9 Å². The Bertz CT molecular complexity index is 877. The van der Waals surface area contributed by atoms with Crippen LogP contribution >= 0.6 is 46.7 Å². The highest BCUT2D eigenvalue weighted by atomic mass is 35.5. The fourth-order valence-electron chi connectivity index (χ4n) is 4.41. The van der Waals surface area contributed by atoms with Crippen LogP contribution < -0.4 is 0 Å². The minimum atomic E-state index is -0.727. The number of unbranched alkanes of at least 4 members (excludes halogenated alkanes) is 9. The van der Waals surface area contributed by atoms with Crippen molar-refractivity contribution in [2.75, 3.05) is 40.5 Å². The van der Waals surface area contributed by atoms with E-state index in [-0.39, 0.29) is 0 Å². The van der Waals surface area contributed by atoms with Gasteiger partial charge in [0, 0.05) is 61.4 Å². The zero-order chi connectivity index (χ0) is 34.7. The highest BCUT2D eigenvalue weighted by Gasteiger charge is 2.18. The monoisotopic (exact) mass is 728 g/mol. The number of nitrogens with zero attached hydrogens (tertiary/aromatic N) is 2. The molecule has 14 heteroatoms. The lowest BCUT2D eigenvalue weighted by molar-refractivity contribution is -0.117. The van der Waals surface area contributed by atoms with Crippen molar-refractivity contribution >= 4 is 70.1 Å². The van der Waals surface area contributed by atoms with Crippen LogP contribution in [0.4, 0.5) is 9.59 Å². The minimum absolute atomic E-state index is 0.425. The van der Waals surface area contributed by atoms with Gasteiger partial charge in [0.1, 0.15) is 0 Å². The van der Waals surface area contributed by atoms with Crippen molar-refractivity contribution in [3.05, 3.63) is 21.2 Å². The fraction of sp³-hybridized carbons (Fsp3) is 0.750. The van der Waals surface area contributed by atoms with E-state index in [9.17, 15) is 19.2 Å². The summed E-state index contributed by atoms with van der Waals surface area (Å²) in [6.45, 7) is 8.84. The summed E-state index contributed by atoms with van der Waals surface area (Å²) in [5.41, 5.74) is 0.000272. The average Bonchev–Trinajstić information content (AvgIpc) is 3.00. The number of thioether (sulfide) groups is 2. The van der Waals surface area contributed by atoms with Crippen LogP contribution in [0.5, 0.6) is 0 Å². The van der Waals surface area contributed by atoms with Crippen molar-refractivity contribution in [1.29, 1.82) is 0 Å². The Morgan fingerprint density at radius 1 is 0.630 bits per heavy atom. The molecule has 10 nitrogen and oxygen atoms in total. The second-order valence-electron chi connectivity index (χ2n) is 10.7. The molecule has 2 amide bonds. The molecule has 2 unspecified atom stereocenters. The summed E-state index contributed by atoms with van der Waals surface area (Å²) in [7, 11) is 3.18. The van der Waals surface area contributed by atoms with Gasteiger partial charge >= 0.3 is 10.6 Å². The first-order chi connectivity index (χ1) is 22.0. The lowest BCUT2D eigenvalue weighted by atomic mass is 10.1. The topological polar surface area (TPSA) is 112 Å². The fourth-order valence-corrected chi connectivity index (χ4v) is 6.37. The van der Waals surface area contributed by atoms with Gasteiger partial charge in [0.05, 0.1) is 13.2 Å². The lowest BCUT2D eigenvalue weighted by Crippen LogP contribution is -2.22. The van der Waals surface area contributed by atoms with Crippen LogP contribution in [0.3, 0.4) is 0 Å². The van der Waals surface area contributed by atoms with Crippen LogP contribution in [-0.2, 0) is 28.5 Å². The number of carbonyl (C=O) groups is 4.